The molecule has 0 unspecified atom stereocenters. The fraction of sp³-hybridized carbons (Fsp3) is 0.176. The summed E-state index contributed by atoms with van der Waals surface area (Å²) in [5.74, 6) is 0.418. The second-order valence-corrected chi connectivity index (χ2v) is 5.14. The van der Waals surface area contributed by atoms with Gasteiger partial charge in [-0.15, -0.1) is 0 Å². The highest BCUT2D eigenvalue weighted by molar-refractivity contribution is 5.77. The van der Waals surface area contributed by atoms with E-state index in [1.54, 1.807) is 25.4 Å². The monoisotopic (exact) mass is 324 g/mol. The van der Waals surface area contributed by atoms with Gasteiger partial charge in [0, 0.05) is 18.3 Å². The SMILES string of the molecule is COc1ccccc1CNC(=O)Cn1cnc2ncccc2c1=O. The number of hydrogen-bond donors (Lipinski definition) is 1. The molecule has 2 heterocycles. The first-order chi connectivity index (χ1) is 11.7. The van der Waals surface area contributed by atoms with Crippen LogP contribution in [0.3, 0.4) is 0 Å². The van der Waals surface area contributed by atoms with Gasteiger partial charge < -0.3 is 10.1 Å². The molecule has 1 amide bonds. The van der Waals surface area contributed by atoms with Crippen LogP contribution in [0.5, 0.6) is 5.75 Å². The number of carbonyl (C=O) groups excluding carboxylic acids is 1. The predicted octanol–water partition coefficient (Wildman–Crippen LogP) is 1.12. The molecule has 3 rings (SSSR count). The maximum atomic E-state index is 12.3. The Kier molecular flexibility index (Phi) is 4.51. The van der Waals surface area contributed by atoms with Crippen LogP contribution in [0, 0.1) is 0 Å². The summed E-state index contributed by atoms with van der Waals surface area (Å²) in [5, 5.41) is 3.16. The van der Waals surface area contributed by atoms with Crippen LogP contribution in [0.1, 0.15) is 5.56 Å². The van der Waals surface area contributed by atoms with E-state index in [9.17, 15) is 9.59 Å². The number of nitrogens with one attached hydrogen (secondary N) is 1. The number of methoxy groups -OCH3 is 1. The van der Waals surface area contributed by atoms with Crippen LogP contribution in [0.2, 0.25) is 0 Å². The molecule has 0 aliphatic heterocycles. The molecular formula is C17H16N4O3. The Morgan fingerprint density at radius 3 is 2.88 bits per heavy atom. The Bertz CT molecular complexity index is 936. The van der Waals surface area contributed by atoms with Gasteiger partial charge in [-0.25, -0.2) is 9.97 Å². The second-order valence-electron chi connectivity index (χ2n) is 5.14. The summed E-state index contributed by atoms with van der Waals surface area (Å²) in [4.78, 5) is 32.6. The first-order valence-corrected chi connectivity index (χ1v) is 7.38. The quantitative estimate of drug-likeness (QED) is 0.760. The van der Waals surface area contributed by atoms with Crippen molar-refractivity contribution in [3.05, 3.63) is 64.8 Å². The Labute approximate surface area is 137 Å². The van der Waals surface area contributed by atoms with Crippen molar-refractivity contribution in [3.8, 4) is 5.75 Å². The summed E-state index contributed by atoms with van der Waals surface area (Å²) < 4.78 is 6.51. The van der Waals surface area contributed by atoms with Crippen LogP contribution >= 0.6 is 0 Å². The van der Waals surface area contributed by atoms with Crippen molar-refractivity contribution in [2.24, 2.45) is 0 Å². The van der Waals surface area contributed by atoms with Gasteiger partial charge in [0.1, 0.15) is 18.6 Å². The Hall–Kier alpha value is -3.22. The number of pyridine rings is 1. The number of aromatic nitrogens is 3. The van der Waals surface area contributed by atoms with Gasteiger partial charge in [-0.3, -0.25) is 14.2 Å². The average Bonchev–Trinajstić information content (AvgIpc) is 2.63. The summed E-state index contributed by atoms with van der Waals surface area (Å²) in [7, 11) is 1.58. The van der Waals surface area contributed by atoms with E-state index in [2.05, 4.69) is 15.3 Å². The number of rotatable bonds is 5. The largest absolute Gasteiger partial charge is 0.496 e. The minimum absolute atomic E-state index is 0.105. The highest BCUT2D eigenvalue weighted by atomic mass is 16.5. The fourth-order valence-corrected chi connectivity index (χ4v) is 2.36. The second kappa shape index (κ2) is 6.91. The van der Waals surface area contributed by atoms with E-state index < -0.39 is 0 Å². The number of fused-ring (bicyclic) bond motifs is 1. The summed E-state index contributed by atoms with van der Waals surface area (Å²) in [6.07, 6.45) is 2.90. The minimum Gasteiger partial charge on any atom is -0.496 e. The van der Waals surface area contributed by atoms with Gasteiger partial charge in [0.25, 0.3) is 5.56 Å². The van der Waals surface area contributed by atoms with Gasteiger partial charge in [0.15, 0.2) is 5.65 Å². The van der Waals surface area contributed by atoms with Gasteiger partial charge in [-0.05, 0) is 18.2 Å². The number of amides is 1. The third-order valence-electron chi connectivity index (χ3n) is 3.58. The van der Waals surface area contributed by atoms with Gasteiger partial charge >= 0.3 is 0 Å². The van der Waals surface area contributed by atoms with E-state index in [1.807, 2.05) is 24.3 Å². The molecular weight excluding hydrogens is 308 g/mol. The molecule has 7 nitrogen and oxygen atoms in total. The summed E-state index contributed by atoms with van der Waals surface area (Å²) in [6, 6.07) is 10.7. The van der Waals surface area contributed by atoms with Gasteiger partial charge in [0.2, 0.25) is 5.91 Å². The number of hydrogen-bond acceptors (Lipinski definition) is 5. The first kappa shape index (κ1) is 15.7. The molecule has 1 N–H and O–H groups in total. The molecule has 7 heteroatoms. The molecule has 2 aromatic heterocycles. The number of nitrogens with zero attached hydrogens (tertiary/aromatic N) is 3. The molecule has 0 aliphatic carbocycles. The zero-order valence-corrected chi connectivity index (χ0v) is 13.1. The molecule has 0 fully saturated rings. The van der Waals surface area contributed by atoms with Crippen LogP contribution < -0.4 is 15.6 Å². The van der Waals surface area contributed by atoms with Crippen LogP contribution in [0.15, 0.2) is 53.7 Å². The Morgan fingerprint density at radius 2 is 2.04 bits per heavy atom. The lowest BCUT2D eigenvalue weighted by Gasteiger charge is -2.10. The van der Waals surface area contributed by atoms with Crippen LogP contribution in [0.4, 0.5) is 0 Å². The van der Waals surface area contributed by atoms with Crippen molar-refractivity contribution >= 4 is 16.9 Å². The lowest BCUT2D eigenvalue weighted by molar-refractivity contribution is -0.121. The van der Waals surface area contributed by atoms with E-state index in [-0.39, 0.29) is 18.0 Å². The zero-order valence-electron chi connectivity index (χ0n) is 13.1. The molecule has 122 valence electrons. The summed E-state index contributed by atoms with van der Waals surface area (Å²) in [5.41, 5.74) is 0.940. The van der Waals surface area contributed by atoms with Crippen molar-refractivity contribution in [3.63, 3.8) is 0 Å². The van der Waals surface area contributed by atoms with Crippen LogP contribution in [-0.4, -0.2) is 27.6 Å². The van der Waals surface area contributed by atoms with Crippen molar-refractivity contribution < 1.29 is 9.53 Å². The summed E-state index contributed by atoms with van der Waals surface area (Å²) >= 11 is 0. The van der Waals surface area contributed by atoms with E-state index in [0.717, 1.165) is 5.56 Å². The van der Waals surface area contributed by atoms with Gasteiger partial charge in [0.05, 0.1) is 12.5 Å². The van der Waals surface area contributed by atoms with Crippen LogP contribution in [-0.2, 0) is 17.9 Å². The number of carbonyl (C=O) groups is 1. The lowest BCUT2D eigenvalue weighted by atomic mass is 10.2. The highest BCUT2D eigenvalue weighted by Crippen LogP contribution is 2.16. The normalized spacial score (nSPS) is 10.5. The first-order valence-electron chi connectivity index (χ1n) is 7.38. The van der Waals surface area contributed by atoms with Crippen LogP contribution in [0.25, 0.3) is 11.0 Å². The van der Waals surface area contributed by atoms with E-state index in [0.29, 0.717) is 23.3 Å². The van der Waals surface area contributed by atoms with Crippen molar-refractivity contribution in [1.82, 2.24) is 19.9 Å². The lowest BCUT2D eigenvalue weighted by Crippen LogP contribution is -2.32. The Balaban J connectivity index is 1.71. The molecule has 24 heavy (non-hydrogen) atoms. The predicted molar refractivity (Wildman–Crippen MR) is 88.6 cm³/mol. The average molecular weight is 324 g/mol. The Morgan fingerprint density at radius 1 is 1.21 bits per heavy atom. The third-order valence-corrected chi connectivity index (χ3v) is 3.58. The summed E-state index contributed by atoms with van der Waals surface area (Å²) in [6.45, 7) is 0.214. The molecule has 1 aromatic carbocycles. The standard InChI is InChI=1S/C17H16N4O3/c1-24-14-7-3-2-5-12(14)9-19-15(22)10-21-11-20-16-13(17(21)23)6-4-8-18-16/h2-8,11H,9-10H2,1H3,(H,19,22). The number of para-hydroxylation sites is 1. The molecule has 0 spiro atoms. The molecule has 0 radical (unpaired) electrons. The number of benzene rings is 1. The molecule has 0 aliphatic rings. The van der Waals surface area contributed by atoms with E-state index >= 15 is 0 Å². The molecule has 3 aromatic rings. The number of ether oxygens (including phenoxy) is 1. The minimum atomic E-state index is -0.291. The van der Waals surface area contributed by atoms with Gasteiger partial charge in [-0.1, -0.05) is 18.2 Å². The maximum Gasteiger partial charge on any atom is 0.263 e. The van der Waals surface area contributed by atoms with Crippen molar-refractivity contribution in [2.45, 2.75) is 13.1 Å². The van der Waals surface area contributed by atoms with Crippen molar-refractivity contribution in [2.75, 3.05) is 7.11 Å². The topological polar surface area (TPSA) is 86.1 Å². The van der Waals surface area contributed by atoms with Crippen molar-refractivity contribution in [1.29, 1.82) is 0 Å². The van der Waals surface area contributed by atoms with E-state index in [1.165, 1.54) is 10.9 Å². The molecule has 0 bridgehead atoms. The maximum absolute atomic E-state index is 12.3. The third kappa shape index (κ3) is 3.24. The zero-order chi connectivity index (χ0) is 16.9. The highest BCUT2D eigenvalue weighted by Gasteiger charge is 2.09. The smallest absolute Gasteiger partial charge is 0.263 e. The molecule has 0 saturated heterocycles. The molecule has 0 saturated carbocycles. The molecule has 0 atom stereocenters. The van der Waals surface area contributed by atoms with E-state index in [4.69, 9.17) is 4.74 Å². The fourth-order valence-electron chi connectivity index (χ4n) is 2.36. The van der Waals surface area contributed by atoms with Gasteiger partial charge in [-0.2, -0.15) is 0 Å².